The number of nitrogens with zero attached hydrogens (tertiary/aromatic N) is 6. The van der Waals surface area contributed by atoms with E-state index in [1.807, 2.05) is 23.1 Å². The highest BCUT2D eigenvalue weighted by Gasteiger charge is 2.37. The van der Waals surface area contributed by atoms with Crippen LogP contribution in [-0.2, 0) is 13.2 Å². The lowest BCUT2D eigenvalue weighted by molar-refractivity contribution is -0.140. The molecule has 11 heteroatoms. The van der Waals surface area contributed by atoms with Crippen LogP contribution in [0.1, 0.15) is 35.6 Å². The molecule has 0 aliphatic carbocycles. The number of hydrogen-bond acceptors (Lipinski definition) is 5. The van der Waals surface area contributed by atoms with Crippen LogP contribution in [0.4, 0.5) is 27.9 Å². The number of aryl methyl sites for hydroxylation is 1. The second-order valence-corrected chi connectivity index (χ2v) is 8.62. The van der Waals surface area contributed by atoms with Crippen LogP contribution in [0, 0.1) is 18.6 Å². The summed E-state index contributed by atoms with van der Waals surface area (Å²) in [6.45, 7) is 2.38. The third-order valence-electron chi connectivity index (χ3n) is 6.43. The van der Waals surface area contributed by atoms with E-state index < -0.39 is 34.5 Å². The first-order valence-electron chi connectivity index (χ1n) is 11.1. The molecule has 0 N–H and O–H groups in total. The summed E-state index contributed by atoms with van der Waals surface area (Å²) < 4.78 is 70.4. The molecule has 4 aromatic rings. The average Bonchev–Trinajstić information content (AvgIpc) is 3.18. The van der Waals surface area contributed by atoms with Crippen molar-refractivity contribution in [3.05, 3.63) is 65.1 Å². The van der Waals surface area contributed by atoms with Crippen molar-refractivity contribution in [2.24, 2.45) is 7.05 Å². The van der Waals surface area contributed by atoms with Crippen LogP contribution < -0.4 is 4.90 Å². The number of fused-ring (bicyclic) bond motifs is 1. The number of alkyl halides is 3. The van der Waals surface area contributed by atoms with Crippen molar-refractivity contribution in [1.82, 2.24) is 24.7 Å². The molecule has 1 aliphatic rings. The number of piperidine rings is 1. The summed E-state index contributed by atoms with van der Waals surface area (Å²) in [5.74, 6) is -1.94. The van der Waals surface area contributed by atoms with E-state index in [1.165, 1.54) is 10.9 Å². The lowest BCUT2D eigenvalue weighted by atomic mass is 9.93. The lowest BCUT2D eigenvalue weighted by Gasteiger charge is -2.31. The molecular weight excluding hydrogens is 467 g/mol. The molecule has 0 spiro atoms. The normalized spacial score (nSPS) is 15.2. The second-order valence-electron chi connectivity index (χ2n) is 8.62. The van der Waals surface area contributed by atoms with Crippen LogP contribution in [0.15, 0.2) is 36.7 Å². The maximum Gasteiger partial charge on any atom is 0.419 e. The Kier molecular flexibility index (Phi) is 5.65. The molecular formula is C24H21F5N6. The summed E-state index contributed by atoms with van der Waals surface area (Å²) in [5.41, 5.74) is -1.40. The number of benzene rings is 1. The molecule has 1 fully saturated rings. The van der Waals surface area contributed by atoms with Crippen molar-refractivity contribution in [1.29, 1.82) is 0 Å². The monoisotopic (exact) mass is 488 g/mol. The quantitative estimate of drug-likeness (QED) is 0.361. The van der Waals surface area contributed by atoms with Gasteiger partial charge in [-0.05, 0) is 38.0 Å². The Morgan fingerprint density at radius 1 is 1.03 bits per heavy atom. The number of anilines is 1. The van der Waals surface area contributed by atoms with Gasteiger partial charge in [0.15, 0.2) is 5.65 Å². The van der Waals surface area contributed by atoms with Crippen LogP contribution in [0.25, 0.3) is 22.3 Å². The topological polar surface area (TPSA) is 59.7 Å². The maximum absolute atomic E-state index is 14.9. The van der Waals surface area contributed by atoms with Gasteiger partial charge in [-0.1, -0.05) is 6.07 Å². The van der Waals surface area contributed by atoms with E-state index in [1.54, 1.807) is 13.2 Å². The fraction of sp³-hybridized carbons (Fsp3) is 0.333. The van der Waals surface area contributed by atoms with E-state index in [0.717, 1.165) is 25.5 Å². The van der Waals surface area contributed by atoms with Gasteiger partial charge in [-0.3, -0.25) is 4.98 Å². The van der Waals surface area contributed by atoms with Gasteiger partial charge in [-0.15, -0.1) is 0 Å². The Bertz CT molecular complexity index is 1390. The molecule has 0 unspecified atom stereocenters. The van der Waals surface area contributed by atoms with Crippen molar-refractivity contribution in [3.63, 3.8) is 0 Å². The summed E-state index contributed by atoms with van der Waals surface area (Å²) in [6.07, 6.45) is -0.0321. The van der Waals surface area contributed by atoms with Crippen molar-refractivity contribution < 1.29 is 22.0 Å². The Morgan fingerprint density at radius 3 is 2.43 bits per heavy atom. The van der Waals surface area contributed by atoms with Crippen LogP contribution in [0.2, 0.25) is 0 Å². The van der Waals surface area contributed by atoms with Crippen LogP contribution in [0.5, 0.6) is 0 Å². The van der Waals surface area contributed by atoms with Gasteiger partial charge < -0.3 is 4.90 Å². The molecule has 0 bridgehead atoms. The molecule has 4 heterocycles. The number of pyridine rings is 1. The molecule has 182 valence electrons. The van der Waals surface area contributed by atoms with Crippen LogP contribution in [-0.4, -0.2) is 37.8 Å². The number of hydrogen-bond donors (Lipinski definition) is 0. The zero-order chi connectivity index (χ0) is 24.9. The smallest absolute Gasteiger partial charge is 0.341 e. The van der Waals surface area contributed by atoms with Gasteiger partial charge in [0.1, 0.15) is 17.3 Å². The number of rotatable bonds is 3. The van der Waals surface area contributed by atoms with Gasteiger partial charge in [-0.25, -0.2) is 18.4 Å². The van der Waals surface area contributed by atoms with Gasteiger partial charge in [0, 0.05) is 55.3 Å². The summed E-state index contributed by atoms with van der Waals surface area (Å²) in [5, 5.41) is 4.49. The van der Waals surface area contributed by atoms with Crippen LogP contribution in [0.3, 0.4) is 0 Å². The van der Waals surface area contributed by atoms with E-state index in [2.05, 4.69) is 20.1 Å². The maximum atomic E-state index is 14.9. The molecule has 5 rings (SSSR count). The third-order valence-corrected chi connectivity index (χ3v) is 6.43. The summed E-state index contributed by atoms with van der Waals surface area (Å²) >= 11 is 0. The highest BCUT2D eigenvalue weighted by Crippen LogP contribution is 2.39. The first-order valence-corrected chi connectivity index (χ1v) is 11.1. The number of halogens is 5. The second kappa shape index (κ2) is 8.54. The van der Waals surface area contributed by atoms with E-state index >= 15 is 0 Å². The molecule has 0 saturated carbocycles. The van der Waals surface area contributed by atoms with Gasteiger partial charge in [0.25, 0.3) is 0 Å². The fourth-order valence-corrected chi connectivity index (χ4v) is 4.52. The molecule has 0 amide bonds. The Morgan fingerprint density at radius 2 is 1.77 bits per heavy atom. The molecule has 0 radical (unpaired) electrons. The van der Waals surface area contributed by atoms with Gasteiger partial charge >= 0.3 is 6.18 Å². The number of aromatic nitrogens is 5. The average molecular weight is 488 g/mol. The van der Waals surface area contributed by atoms with Gasteiger partial charge in [-0.2, -0.15) is 23.3 Å². The zero-order valence-corrected chi connectivity index (χ0v) is 18.9. The standard InChI is InChI=1S/C24H21F5N6/c1-13-19(25)15(11-17(20(13)26)24(27,28)29)21-16-12-31-23(32-22(16)34(2)33-21)35-9-6-14(7-10-35)18-5-3-4-8-30-18/h3-5,8,11-12,14H,6-7,9-10H2,1-2H3. The first-order chi connectivity index (χ1) is 16.6. The van der Waals surface area contributed by atoms with Crippen molar-refractivity contribution in [2.75, 3.05) is 18.0 Å². The molecule has 1 aliphatic heterocycles. The van der Waals surface area contributed by atoms with Crippen LogP contribution >= 0.6 is 0 Å². The Labute approximate surface area is 197 Å². The minimum atomic E-state index is -4.98. The largest absolute Gasteiger partial charge is 0.419 e. The predicted molar refractivity (Wildman–Crippen MR) is 120 cm³/mol. The molecule has 35 heavy (non-hydrogen) atoms. The van der Waals surface area contributed by atoms with Gasteiger partial charge in [0.05, 0.1) is 10.9 Å². The highest BCUT2D eigenvalue weighted by atomic mass is 19.4. The third kappa shape index (κ3) is 4.08. The zero-order valence-electron chi connectivity index (χ0n) is 18.9. The lowest BCUT2D eigenvalue weighted by Crippen LogP contribution is -2.34. The van der Waals surface area contributed by atoms with Crippen molar-refractivity contribution >= 4 is 17.0 Å². The first kappa shape index (κ1) is 23.1. The van der Waals surface area contributed by atoms with Crippen molar-refractivity contribution in [3.8, 4) is 11.3 Å². The molecule has 3 aromatic heterocycles. The van der Waals surface area contributed by atoms with E-state index in [9.17, 15) is 22.0 Å². The van der Waals surface area contributed by atoms with E-state index in [0.29, 0.717) is 36.7 Å². The summed E-state index contributed by atoms with van der Waals surface area (Å²) in [7, 11) is 1.56. The molecule has 0 atom stereocenters. The highest BCUT2D eigenvalue weighted by molar-refractivity contribution is 5.91. The fourth-order valence-electron chi connectivity index (χ4n) is 4.52. The Hall–Kier alpha value is -3.63. The van der Waals surface area contributed by atoms with E-state index in [4.69, 9.17) is 0 Å². The molecule has 6 nitrogen and oxygen atoms in total. The van der Waals surface area contributed by atoms with Crippen molar-refractivity contribution in [2.45, 2.75) is 31.9 Å². The van der Waals surface area contributed by atoms with E-state index in [-0.39, 0.29) is 11.1 Å². The predicted octanol–water partition coefficient (Wildman–Crippen LogP) is 5.41. The molecule has 1 aromatic carbocycles. The molecule has 1 saturated heterocycles. The summed E-state index contributed by atoms with van der Waals surface area (Å²) in [6, 6.07) is 6.32. The minimum absolute atomic E-state index is 0.0750. The Balaban J connectivity index is 1.48. The minimum Gasteiger partial charge on any atom is -0.341 e. The van der Waals surface area contributed by atoms with Gasteiger partial charge in [0.2, 0.25) is 5.95 Å². The summed E-state index contributed by atoms with van der Waals surface area (Å²) in [4.78, 5) is 15.4. The SMILES string of the molecule is Cc1c(F)c(-c2nn(C)c3nc(N4CCC(c5ccccn5)CC4)ncc23)cc(C(F)(F)F)c1F.